The Hall–Kier alpha value is -1.95. The fraction of sp³-hybridized carbons (Fsp3) is 0.154. The number of ether oxygens (including phenoxy) is 1. The third-order valence-corrected chi connectivity index (χ3v) is 2.84. The van der Waals surface area contributed by atoms with Crippen LogP contribution in [-0.2, 0) is 6.18 Å². The predicted octanol–water partition coefficient (Wildman–Crippen LogP) is 4.03. The first-order chi connectivity index (χ1) is 9.34. The Balaban J connectivity index is 2.73. The molecule has 0 N–H and O–H groups in total. The first-order valence-electron chi connectivity index (χ1n) is 5.42. The van der Waals surface area contributed by atoms with Crippen LogP contribution in [-0.4, -0.2) is 6.61 Å². The van der Waals surface area contributed by atoms with Gasteiger partial charge in [0, 0.05) is 11.5 Å². The molecule has 0 aliphatic carbocycles. The summed E-state index contributed by atoms with van der Waals surface area (Å²) in [4.78, 5) is 11.2. The second-order valence-electron chi connectivity index (χ2n) is 3.83. The highest BCUT2D eigenvalue weighted by molar-refractivity contribution is 6.36. The van der Waals surface area contributed by atoms with Crippen LogP contribution in [0.2, 0.25) is 5.02 Å². The van der Waals surface area contributed by atoms with Crippen LogP contribution in [0.5, 0.6) is 5.75 Å². The van der Waals surface area contributed by atoms with Gasteiger partial charge in [0.05, 0.1) is 5.56 Å². The number of fused-ring (bicyclic) bond motifs is 1. The van der Waals surface area contributed by atoms with Crippen LogP contribution in [0.1, 0.15) is 5.56 Å². The lowest BCUT2D eigenvalue weighted by Gasteiger charge is -2.11. The summed E-state index contributed by atoms with van der Waals surface area (Å²) in [5, 5.41) is -0.486. The molecule has 1 aromatic heterocycles. The number of halogens is 4. The van der Waals surface area contributed by atoms with Crippen molar-refractivity contribution in [1.29, 1.82) is 0 Å². The molecule has 0 saturated heterocycles. The van der Waals surface area contributed by atoms with Gasteiger partial charge in [0.1, 0.15) is 17.4 Å². The average Bonchev–Trinajstić information content (AvgIpc) is 2.37. The van der Waals surface area contributed by atoms with Crippen LogP contribution in [0.3, 0.4) is 0 Å². The zero-order valence-electron chi connectivity index (χ0n) is 9.96. The first-order valence-corrected chi connectivity index (χ1v) is 5.79. The van der Waals surface area contributed by atoms with E-state index in [9.17, 15) is 18.0 Å². The molecule has 7 heteroatoms. The SMILES string of the molecule is C=CCOc1ccc2c(C(F)(F)F)cc(=O)oc2c1Cl. The number of hydrogen-bond donors (Lipinski definition) is 0. The lowest BCUT2D eigenvalue weighted by Crippen LogP contribution is -2.11. The third-order valence-electron chi connectivity index (χ3n) is 2.48. The van der Waals surface area contributed by atoms with Gasteiger partial charge in [-0.25, -0.2) is 4.79 Å². The molecule has 20 heavy (non-hydrogen) atoms. The van der Waals surface area contributed by atoms with Crippen molar-refractivity contribution < 1.29 is 22.3 Å². The highest BCUT2D eigenvalue weighted by Crippen LogP contribution is 2.38. The van der Waals surface area contributed by atoms with Crippen molar-refractivity contribution in [3.05, 3.63) is 51.9 Å². The van der Waals surface area contributed by atoms with Crippen LogP contribution >= 0.6 is 11.6 Å². The van der Waals surface area contributed by atoms with Gasteiger partial charge in [0.2, 0.25) is 0 Å². The Bertz CT molecular complexity index is 719. The summed E-state index contributed by atoms with van der Waals surface area (Å²) < 4.78 is 48.5. The molecule has 0 aliphatic heterocycles. The lowest BCUT2D eigenvalue weighted by atomic mass is 10.1. The maximum atomic E-state index is 12.9. The van der Waals surface area contributed by atoms with Crippen molar-refractivity contribution >= 4 is 22.6 Å². The molecule has 0 unspecified atom stereocenters. The first kappa shape index (κ1) is 14.5. The summed E-state index contributed by atoms with van der Waals surface area (Å²) in [6.45, 7) is 3.56. The average molecular weight is 305 g/mol. The van der Waals surface area contributed by atoms with Gasteiger partial charge in [-0.2, -0.15) is 13.2 Å². The van der Waals surface area contributed by atoms with E-state index in [1.165, 1.54) is 12.1 Å². The van der Waals surface area contributed by atoms with Crippen molar-refractivity contribution in [2.75, 3.05) is 6.61 Å². The molecule has 1 heterocycles. The van der Waals surface area contributed by atoms with E-state index in [0.29, 0.717) is 6.07 Å². The molecule has 2 aromatic rings. The minimum absolute atomic E-state index is 0.113. The van der Waals surface area contributed by atoms with E-state index in [1.54, 1.807) is 0 Å². The highest BCUT2D eigenvalue weighted by Gasteiger charge is 2.34. The Morgan fingerprint density at radius 3 is 2.70 bits per heavy atom. The van der Waals surface area contributed by atoms with Crippen molar-refractivity contribution in [1.82, 2.24) is 0 Å². The monoisotopic (exact) mass is 304 g/mol. The van der Waals surface area contributed by atoms with Gasteiger partial charge in [-0.1, -0.05) is 24.3 Å². The zero-order valence-corrected chi connectivity index (χ0v) is 10.7. The van der Waals surface area contributed by atoms with Crippen molar-refractivity contribution in [3.8, 4) is 5.75 Å². The molecule has 2 rings (SSSR count). The van der Waals surface area contributed by atoms with Gasteiger partial charge >= 0.3 is 11.8 Å². The Labute approximate surface area is 116 Å². The largest absolute Gasteiger partial charge is 0.488 e. The molecular weight excluding hydrogens is 297 g/mol. The van der Waals surface area contributed by atoms with E-state index in [1.807, 2.05) is 0 Å². The number of alkyl halides is 3. The van der Waals surface area contributed by atoms with Crippen LogP contribution < -0.4 is 10.4 Å². The molecule has 0 fully saturated rings. The molecule has 3 nitrogen and oxygen atoms in total. The van der Waals surface area contributed by atoms with Crippen LogP contribution in [0.15, 0.2) is 40.1 Å². The molecule has 0 saturated carbocycles. The van der Waals surface area contributed by atoms with Gasteiger partial charge in [0.25, 0.3) is 0 Å². The number of rotatable bonds is 3. The Kier molecular flexibility index (Phi) is 3.76. The van der Waals surface area contributed by atoms with Crippen molar-refractivity contribution in [2.45, 2.75) is 6.18 Å². The smallest absolute Gasteiger partial charge is 0.417 e. The minimum atomic E-state index is -4.68. The molecule has 0 aliphatic rings. The highest BCUT2D eigenvalue weighted by atomic mass is 35.5. The third kappa shape index (κ3) is 2.65. The molecule has 1 aromatic carbocycles. The second kappa shape index (κ2) is 5.20. The van der Waals surface area contributed by atoms with Gasteiger partial charge in [-0.15, -0.1) is 0 Å². The quantitative estimate of drug-likeness (QED) is 0.635. The maximum Gasteiger partial charge on any atom is 0.417 e. The fourth-order valence-corrected chi connectivity index (χ4v) is 1.93. The number of benzene rings is 1. The molecule has 0 spiro atoms. The van der Waals surface area contributed by atoms with Crippen LogP contribution in [0, 0.1) is 0 Å². The lowest BCUT2D eigenvalue weighted by molar-refractivity contribution is -0.136. The van der Waals surface area contributed by atoms with Gasteiger partial charge in [-0.3, -0.25) is 0 Å². The summed E-state index contributed by atoms with van der Waals surface area (Å²) in [5.74, 6) is 0.113. The fourth-order valence-electron chi connectivity index (χ4n) is 1.67. The Morgan fingerprint density at radius 1 is 1.40 bits per heavy atom. The molecule has 0 atom stereocenters. The van der Waals surface area contributed by atoms with E-state index in [2.05, 4.69) is 6.58 Å². The topological polar surface area (TPSA) is 39.4 Å². The maximum absolute atomic E-state index is 12.9. The summed E-state index contributed by atoms with van der Waals surface area (Å²) in [5.41, 5.74) is -2.58. The van der Waals surface area contributed by atoms with E-state index in [0.717, 1.165) is 6.07 Å². The van der Waals surface area contributed by atoms with Gasteiger partial charge in [0.15, 0.2) is 5.58 Å². The van der Waals surface area contributed by atoms with E-state index < -0.39 is 17.4 Å². The molecular formula is C13H8ClF3O3. The molecule has 106 valence electrons. The van der Waals surface area contributed by atoms with Crippen molar-refractivity contribution in [2.24, 2.45) is 0 Å². The predicted molar refractivity (Wildman–Crippen MR) is 68.2 cm³/mol. The van der Waals surface area contributed by atoms with E-state index in [4.69, 9.17) is 20.8 Å². The Morgan fingerprint density at radius 2 is 2.10 bits per heavy atom. The van der Waals surface area contributed by atoms with E-state index in [-0.39, 0.29) is 28.3 Å². The summed E-state index contributed by atoms with van der Waals surface area (Å²) >= 11 is 5.91. The number of hydrogen-bond acceptors (Lipinski definition) is 3. The van der Waals surface area contributed by atoms with Crippen LogP contribution in [0.25, 0.3) is 11.0 Å². The second-order valence-corrected chi connectivity index (χ2v) is 4.21. The zero-order chi connectivity index (χ0) is 14.9. The minimum Gasteiger partial charge on any atom is -0.488 e. The van der Waals surface area contributed by atoms with Crippen molar-refractivity contribution in [3.63, 3.8) is 0 Å². The summed E-state index contributed by atoms with van der Waals surface area (Å²) in [6, 6.07) is 2.82. The standard InChI is InChI=1S/C13H8ClF3O3/c1-2-5-19-9-4-3-7-8(13(15,16)17)6-10(18)20-12(7)11(9)14/h2-4,6H,1,5H2. The van der Waals surface area contributed by atoms with Gasteiger partial charge in [-0.05, 0) is 12.1 Å². The van der Waals surface area contributed by atoms with E-state index >= 15 is 0 Å². The molecule has 0 bridgehead atoms. The normalized spacial score (nSPS) is 11.6. The molecule has 0 amide bonds. The molecule has 0 radical (unpaired) electrons. The van der Waals surface area contributed by atoms with Gasteiger partial charge < -0.3 is 9.15 Å². The summed E-state index contributed by atoms with van der Waals surface area (Å²) in [6.07, 6.45) is -3.23. The van der Waals surface area contributed by atoms with Crippen LogP contribution in [0.4, 0.5) is 13.2 Å². The summed E-state index contributed by atoms with van der Waals surface area (Å²) in [7, 11) is 0.